The predicted octanol–water partition coefficient (Wildman–Crippen LogP) is 17.0. The Kier molecular flexibility index (Phi) is 38.3. The standard InChI is InChI=1S/C49H51Cl2N7O11.C35H72/c50-38(36-26-40(47(63)64)56-41(27-36)48(65)66)16-10-31-8-14-35(15-9-31)46(62)55-22-25-58(24-21-54-44(60)33-4-2-1-3-5-33)23-20-52-18-19-53-45(61)34-12-6-32(7-13-34)11-17-39(51)37-28-42(49(67)68)57-43(29-37)69-30-59;1-19-21(4)23(6)25(8)27(10)29(12)31(14)33(16)35(18)34(17)32(15)30(13)28(11)26(9)24(7)22(5)20(2)3/h1-9,12-15,26-30,38-39,52H,10-11,16-25H2,(H,53,61)(H,54,60)(H,55,62)(H,63,64)(H,65,66)(H,67,68);20-35H,19H2,1-18H3. The number of hydrogen-bond donors (Lipinski definition) is 7. The highest BCUT2D eigenvalue weighted by atomic mass is 35.5. The molecule has 3 amide bonds. The largest absolute Gasteiger partial charge is 0.477 e. The topological polar surface area (TPSA) is 267 Å². The third-order valence-electron chi connectivity index (χ3n) is 24.1. The Hall–Kier alpha value is -7.25. The summed E-state index contributed by atoms with van der Waals surface area (Å²) >= 11 is 13.1. The average Bonchev–Trinajstić information content (AvgIpc) is 0.850. The lowest BCUT2D eigenvalue weighted by Crippen LogP contribution is -2.43. The number of carbonyl (C=O) groups excluding carboxylic acids is 4. The van der Waals surface area contributed by atoms with Crippen molar-refractivity contribution in [3.8, 4) is 5.88 Å². The van der Waals surface area contributed by atoms with Gasteiger partial charge >= 0.3 is 17.9 Å². The van der Waals surface area contributed by atoms with Gasteiger partial charge in [0.25, 0.3) is 24.2 Å². The van der Waals surface area contributed by atoms with E-state index in [1.807, 2.05) is 18.2 Å². The minimum Gasteiger partial charge on any atom is -0.477 e. The molecule has 7 N–H and O–H groups in total. The molecule has 0 spiro atoms. The first-order valence-corrected chi connectivity index (χ1v) is 38.6. The summed E-state index contributed by atoms with van der Waals surface area (Å²) in [7, 11) is 0. The summed E-state index contributed by atoms with van der Waals surface area (Å²) in [6, 6.07) is 28.2. The van der Waals surface area contributed by atoms with E-state index >= 15 is 0 Å². The average molecular weight is 1480 g/mol. The van der Waals surface area contributed by atoms with Crippen molar-refractivity contribution in [1.29, 1.82) is 0 Å². The highest BCUT2D eigenvalue weighted by molar-refractivity contribution is 6.21. The first kappa shape index (κ1) is 89.1. The smallest absolute Gasteiger partial charge is 0.354 e. The molecule has 0 aliphatic carbocycles. The van der Waals surface area contributed by atoms with Gasteiger partial charge in [0.1, 0.15) is 11.4 Å². The van der Waals surface area contributed by atoms with Gasteiger partial charge in [-0.3, -0.25) is 24.1 Å². The minimum absolute atomic E-state index is 0.157. The van der Waals surface area contributed by atoms with Crippen LogP contribution in [0, 0.1) is 94.7 Å². The molecule has 0 saturated heterocycles. The molecule has 0 bridgehead atoms. The van der Waals surface area contributed by atoms with Crippen LogP contribution in [0.4, 0.5) is 0 Å². The summed E-state index contributed by atoms with van der Waals surface area (Å²) in [5, 5.41) is 38.9. The number of carboxylic acid groups (broad SMARTS) is 3. The number of alkyl halides is 2. The number of rotatable bonds is 44. The normalized spacial score (nSPS) is 16.5. The molecule has 574 valence electrons. The number of carbonyl (C=O) groups is 7. The second-order valence-corrected chi connectivity index (χ2v) is 31.3. The zero-order valence-corrected chi connectivity index (χ0v) is 66.7. The number of amides is 3. The van der Waals surface area contributed by atoms with Crippen molar-refractivity contribution >= 4 is 65.3 Å². The number of pyridine rings is 2. The van der Waals surface area contributed by atoms with E-state index in [9.17, 15) is 48.9 Å². The fraction of sp³-hybridized carbons (Fsp3) is 0.583. The lowest BCUT2D eigenvalue weighted by Gasteiger charge is -2.43. The van der Waals surface area contributed by atoms with Gasteiger partial charge in [-0.1, -0.05) is 174 Å². The first-order chi connectivity index (χ1) is 49.1. The molecule has 0 aliphatic heterocycles. The predicted molar refractivity (Wildman–Crippen MR) is 418 cm³/mol. The maximum absolute atomic E-state index is 13.1. The minimum atomic E-state index is -1.36. The Labute approximate surface area is 631 Å². The van der Waals surface area contributed by atoms with Gasteiger partial charge in [0.2, 0.25) is 5.88 Å². The van der Waals surface area contributed by atoms with Gasteiger partial charge in [0, 0.05) is 75.1 Å². The number of aromatic nitrogens is 2. The van der Waals surface area contributed by atoms with E-state index in [0.717, 1.165) is 106 Å². The van der Waals surface area contributed by atoms with Crippen LogP contribution >= 0.6 is 23.2 Å². The Bertz CT molecular complexity index is 3440. The second-order valence-electron chi connectivity index (χ2n) is 30.2. The molecule has 2 aromatic heterocycles. The Morgan fingerprint density at radius 2 is 0.769 bits per heavy atom. The summed E-state index contributed by atoms with van der Waals surface area (Å²) in [6.07, 6.45) is 3.11. The van der Waals surface area contributed by atoms with Crippen molar-refractivity contribution in [2.75, 3.05) is 52.4 Å². The molecule has 17 atom stereocenters. The van der Waals surface area contributed by atoms with Crippen LogP contribution in [-0.4, -0.2) is 125 Å². The summed E-state index contributed by atoms with van der Waals surface area (Å²) in [6.45, 7) is 48.9. The van der Waals surface area contributed by atoms with E-state index < -0.39 is 40.0 Å². The van der Waals surface area contributed by atoms with Gasteiger partial charge in [-0.25, -0.2) is 24.4 Å². The third kappa shape index (κ3) is 27.9. The summed E-state index contributed by atoms with van der Waals surface area (Å²) < 4.78 is 4.73. The fourth-order valence-electron chi connectivity index (χ4n) is 14.2. The number of benzene rings is 3. The lowest BCUT2D eigenvalue weighted by molar-refractivity contribution is -0.121. The van der Waals surface area contributed by atoms with E-state index in [-0.39, 0.29) is 35.8 Å². The lowest BCUT2D eigenvalue weighted by atomic mass is 9.62. The first-order valence-electron chi connectivity index (χ1n) is 37.8. The van der Waals surface area contributed by atoms with Crippen LogP contribution in [0.1, 0.15) is 239 Å². The highest BCUT2D eigenvalue weighted by Crippen LogP contribution is 2.44. The van der Waals surface area contributed by atoms with E-state index in [2.05, 4.69) is 161 Å². The molecule has 3 aromatic carbocycles. The SMILES string of the molecule is CCC(C)C(C)C(C)C(C)C(C)C(C)C(C)C(C)C(C)C(C)C(C)C(C)C(C)C(C)C(C)C(C)C.O=COc1cc(C(Cl)CCc2ccc(C(=O)NCCNCCN(CCNC(=O)c3ccccc3)CCNC(=O)c3ccc(CCC(Cl)c4cc(C(=O)O)nc(C(=O)O)c4)cc3)cc2)cc(C(=O)O)n1. The van der Waals surface area contributed by atoms with Crippen LogP contribution in [0.2, 0.25) is 0 Å². The molecule has 2 heterocycles. The van der Waals surface area contributed by atoms with Gasteiger partial charge in [0.05, 0.1) is 10.8 Å². The number of halogens is 2. The maximum Gasteiger partial charge on any atom is 0.354 e. The summed E-state index contributed by atoms with van der Waals surface area (Å²) in [4.78, 5) is 93.2. The van der Waals surface area contributed by atoms with E-state index in [0.29, 0.717) is 106 Å². The number of carboxylic acids is 3. The van der Waals surface area contributed by atoms with E-state index in [1.54, 1.807) is 60.7 Å². The Morgan fingerprint density at radius 1 is 0.433 bits per heavy atom. The van der Waals surface area contributed by atoms with Crippen molar-refractivity contribution in [2.24, 2.45) is 94.7 Å². The van der Waals surface area contributed by atoms with Crippen molar-refractivity contribution < 1.29 is 53.6 Å². The molecule has 20 heteroatoms. The quantitative estimate of drug-likeness (QED) is 0.0109. The van der Waals surface area contributed by atoms with Crippen molar-refractivity contribution in [3.63, 3.8) is 0 Å². The second kappa shape index (κ2) is 44.7. The monoisotopic (exact) mass is 1480 g/mol. The number of aryl methyl sites for hydroxylation is 2. The fourth-order valence-corrected chi connectivity index (χ4v) is 14.7. The van der Waals surface area contributed by atoms with Crippen LogP contribution in [0.15, 0.2) is 103 Å². The van der Waals surface area contributed by atoms with E-state index in [1.165, 1.54) is 30.7 Å². The number of ether oxygens (including phenoxy) is 1. The summed E-state index contributed by atoms with van der Waals surface area (Å²) in [5.74, 6) is 7.54. The van der Waals surface area contributed by atoms with Gasteiger partial charge in [-0.2, -0.15) is 0 Å². The molecule has 5 aromatic rings. The number of aromatic carboxylic acids is 3. The van der Waals surface area contributed by atoms with Crippen LogP contribution in [0.5, 0.6) is 5.88 Å². The van der Waals surface area contributed by atoms with Gasteiger partial charge in [-0.05, 0) is 197 Å². The van der Waals surface area contributed by atoms with Crippen LogP contribution in [0.25, 0.3) is 0 Å². The molecule has 0 fully saturated rings. The van der Waals surface area contributed by atoms with Crippen molar-refractivity contribution in [1.82, 2.24) is 36.1 Å². The van der Waals surface area contributed by atoms with E-state index in [4.69, 9.17) is 27.9 Å². The number of nitrogens with zero attached hydrogens (tertiary/aromatic N) is 3. The summed E-state index contributed by atoms with van der Waals surface area (Å²) in [5.41, 5.74) is 2.90. The highest BCUT2D eigenvalue weighted by Gasteiger charge is 2.38. The molecule has 17 unspecified atom stereocenters. The molecular weight excluding hydrogens is 1350 g/mol. The van der Waals surface area contributed by atoms with Crippen molar-refractivity contribution in [2.45, 2.75) is 167 Å². The van der Waals surface area contributed by atoms with Crippen LogP contribution in [0.3, 0.4) is 0 Å². The number of nitrogens with one attached hydrogen (secondary N) is 4. The molecule has 18 nitrogen and oxygen atoms in total. The van der Waals surface area contributed by atoms with Crippen molar-refractivity contribution in [3.05, 3.63) is 159 Å². The molecule has 0 radical (unpaired) electrons. The van der Waals surface area contributed by atoms with Gasteiger partial charge < -0.3 is 41.3 Å². The van der Waals surface area contributed by atoms with Gasteiger partial charge in [-0.15, -0.1) is 23.2 Å². The molecule has 0 saturated carbocycles. The molecule has 0 aliphatic rings. The molecular formula is C84H123Cl2N7O11. The molecule has 104 heavy (non-hydrogen) atoms. The van der Waals surface area contributed by atoms with Gasteiger partial charge in [0.15, 0.2) is 5.69 Å². The third-order valence-corrected chi connectivity index (χ3v) is 25.0. The van der Waals surface area contributed by atoms with Crippen LogP contribution in [-0.2, 0) is 17.6 Å². The Morgan fingerprint density at radius 3 is 1.13 bits per heavy atom. The Balaban J connectivity index is 0.000000552. The van der Waals surface area contributed by atoms with Crippen LogP contribution < -0.4 is 26.0 Å². The zero-order chi connectivity index (χ0) is 77.7. The zero-order valence-electron chi connectivity index (χ0n) is 65.2. The number of hydrogen-bond acceptors (Lipinski definition) is 12. The molecule has 5 rings (SSSR count). The maximum atomic E-state index is 13.1.